The lowest BCUT2D eigenvalue weighted by Gasteiger charge is -2.45. The summed E-state index contributed by atoms with van der Waals surface area (Å²) in [5, 5.41) is 6.59. The second-order valence-electron chi connectivity index (χ2n) is 12.9. The average Bonchev–Trinajstić information content (AvgIpc) is 3.62. The molecule has 2 fully saturated rings. The SMILES string of the molecule is COc1cc(/C=C2\CC3(CC3)CN3C2=NCCC3c2ccc(F)c([Si](C)(C)c3ccccc3)c2)ccc1-n1cnc(C)n1. The highest BCUT2D eigenvalue weighted by Gasteiger charge is 2.50. The first-order valence-corrected chi connectivity index (χ1v) is 18.2. The molecule has 0 amide bonds. The van der Waals surface area contributed by atoms with Crippen molar-refractivity contribution in [1.82, 2.24) is 19.7 Å². The van der Waals surface area contributed by atoms with E-state index in [2.05, 4.69) is 76.6 Å². The molecule has 1 atom stereocenters. The van der Waals surface area contributed by atoms with Crippen molar-refractivity contribution in [2.75, 3.05) is 20.2 Å². The maximum atomic E-state index is 15.5. The van der Waals surface area contributed by atoms with Gasteiger partial charge in [0, 0.05) is 13.1 Å². The Morgan fingerprint density at radius 3 is 2.58 bits per heavy atom. The third-order valence-electron chi connectivity index (χ3n) is 9.57. The van der Waals surface area contributed by atoms with E-state index in [0.29, 0.717) is 5.41 Å². The number of aromatic nitrogens is 3. The Morgan fingerprint density at radius 1 is 1.05 bits per heavy atom. The van der Waals surface area contributed by atoms with E-state index in [0.717, 1.165) is 59.8 Å². The van der Waals surface area contributed by atoms with Crippen LogP contribution >= 0.6 is 0 Å². The fourth-order valence-corrected chi connectivity index (χ4v) is 9.45. The molecule has 1 saturated heterocycles. The number of rotatable bonds is 6. The van der Waals surface area contributed by atoms with Crippen LogP contribution in [-0.2, 0) is 0 Å². The maximum absolute atomic E-state index is 15.5. The molecule has 220 valence electrons. The summed E-state index contributed by atoms with van der Waals surface area (Å²) in [6, 6.07) is 22.7. The number of ether oxygens (including phenoxy) is 1. The van der Waals surface area contributed by atoms with Crippen molar-refractivity contribution in [1.29, 1.82) is 0 Å². The summed E-state index contributed by atoms with van der Waals surface area (Å²) in [5.41, 5.74) is 4.71. The molecule has 1 spiro atoms. The molecule has 0 N–H and O–H groups in total. The molecule has 3 aliphatic rings. The predicted octanol–water partition coefficient (Wildman–Crippen LogP) is 5.96. The molecule has 0 bridgehead atoms. The molecule has 1 aliphatic carbocycles. The Morgan fingerprint density at radius 2 is 1.86 bits per heavy atom. The van der Waals surface area contributed by atoms with Gasteiger partial charge in [0.2, 0.25) is 0 Å². The molecule has 43 heavy (non-hydrogen) atoms. The van der Waals surface area contributed by atoms with Crippen LogP contribution in [0.5, 0.6) is 5.75 Å². The number of aryl methyl sites for hydroxylation is 1. The second kappa shape index (κ2) is 10.6. The number of methoxy groups -OCH3 is 1. The number of benzene rings is 3. The first-order valence-electron chi connectivity index (χ1n) is 15.2. The van der Waals surface area contributed by atoms with Crippen LogP contribution in [0.15, 0.2) is 83.6 Å². The third kappa shape index (κ3) is 5.11. The molecular formula is C35H38FN5OSi. The summed E-state index contributed by atoms with van der Waals surface area (Å²) in [4.78, 5) is 11.9. The third-order valence-corrected chi connectivity index (χ3v) is 13.1. The number of amidine groups is 1. The van der Waals surface area contributed by atoms with E-state index in [9.17, 15) is 0 Å². The van der Waals surface area contributed by atoms with E-state index < -0.39 is 8.07 Å². The minimum Gasteiger partial charge on any atom is -0.494 e. The standard InChI is InChI=1S/C35H38FN5OSi/c1-24-38-23-41(39-24)31-13-10-25(19-32(31)42-2)18-27-21-35(15-16-35)22-40-30(14-17-37-34(27)40)26-11-12-29(36)33(20-26)43(3,4)28-8-6-5-7-9-28/h5-13,18-20,23,30H,14-17,21-22H2,1-4H3/b27-18+. The zero-order valence-electron chi connectivity index (χ0n) is 25.3. The highest BCUT2D eigenvalue weighted by molar-refractivity contribution is 7.00. The van der Waals surface area contributed by atoms with Crippen LogP contribution in [0.3, 0.4) is 0 Å². The molecule has 1 saturated carbocycles. The number of hydrogen-bond donors (Lipinski definition) is 0. The Balaban J connectivity index is 1.23. The number of piperidine rings is 1. The van der Waals surface area contributed by atoms with Gasteiger partial charge in [-0.25, -0.2) is 14.1 Å². The molecule has 8 heteroatoms. The molecule has 2 aliphatic heterocycles. The van der Waals surface area contributed by atoms with Crippen LogP contribution in [0.2, 0.25) is 13.1 Å². The van der Waals surface area contributed by atoms with E-state index in [-0.39, 0.29) is 11.9 Å². The normalized spacial score (nSPS) is 20.2. The van der Waals surface area contributed by atoms with Crippen molar-refractivity contribution in [2.24, 2.45) is 10.4 Å². The maximum Gasteiger partial charge on any atom is 0.147 e. The molecular weight excluding hydrogens is 554 g/mol. The van der Waals surface area contributed by atoms with Gasteiger partial charge in [0.15, 0.2) is 0 Å². The summed E-state index contributed by atoms with van der Waals surface area (Å²) in [6.45, 7) is 8.15. The Kier molecular flexibility index (Phi) is 6.84. The van der Waals surface area contributed by atoms with Crippen LogP contribution in [0, 0.1) is 18.2 Å². The van der Waals surface area contributed by atoms with E-state index in [1.165, 1.54) is 29.2 Å². The van der Waals surface area contributed by atoms with Crippen LogP contribution in [0.25, 0.3) is 11.8 Å². The van der Waals surface area contributed by atoms with E-state index in [1.807, 2.05) is 25.1 Å². The second-order valence-corrected chi connectivity index (χ2v) is 17.2. The van der Waals surface area contributed by atoms with Crippen molar-refractivity contribution in [3.05, 3.63) is 101 Å². The zero-order valence-corrected chi connectivity index (χ0v) is 26.3. The molecule has 7 rings (SSSR count). The predicted molar refractivity (Wildman–Crippen MR) is 173 cm³/mol. The van der Waals surface area contributed by atoms with Crippen molar-refractivity contribution >= 4 is 30.4 Å². The number of hydrogen-bond acceptors (Lipinski definition) is 5. The van der Waals surface area contributed by atoms with E-state index >= 15 is 4.39 Å². The monoisotopic (exact) mass is 591 g/mol. The zero-order chi connectivity index (χ0) is 29.8. The molecule has 1 aromatic heterocycles. The fourth-order valence-electron chi connectivity index (χ4n) is 6.91. The van der Waals surface area contributed by atoms with E-state index in [1.54, 1.807) is 24.2 Å². The van der Waals surface area contributed by atoms with Crippen LogP contribution in [-0.4, -0.2) is 53.8 Å². The van der Waals surface area contributed by atoms with Crippen molar-refractivity contribution in [3.8, 4) is 11.4 Å². The number of nitrogens with zero attached hydrogens (tertiary/aromatic N) is 5. The van der Waals surface area contributed by atoms with Gasteiger partial charge in [-0.1, -0.05) is 66.8 Å². The summed E-state index contributed by atoms with van der Waals surface area (Å²) >= 11 is 0. The van der Waals surface area contributed by atoms with Gasteiger partial charge in [0.05, 0.1) is 13.2 Å². The quantitative estimate of drug-likeness (QED) is 0.260. The molecule has 1 unspecified atom stereocenters. The van der Waals surface area contributed by atoms with Gasteiger partial charge in [-0.15, -0.1) is 0 Å². The summed E-state index contributed by atoms with van der Waals surface area (Å²) in [5.74, 6) is 2.47. The fraction of sp³-hybridized carbons (Fsp3) is 0.343. The van der Waals surface area contributed by atoms with E-state index in [4.69, 9.17) is 9.73 Å². The van der Waals surface area contributed by atoms with Gasteiger partial charge in [0.25, 0.3) is 0 Å². The Labute approximate surface area is 254 Å². The van der Waals surface area contributed by atoms with Gasteiger partial charge < -0.3 is 9.64 Å². The smallest absolute Gasteiger partial charge is 0.147 e. The van der Waals surface area contributed by atoms with Gasteiger partial charge in [0.1, 0.15) is 43.3 Å². The van der Waals surface area contributed by atoms with Crippen LogP contribution in [0.4, 0.5) is 4.39 Å². The van der Waals surface area contributed by atoms with Gasteiger partial charge in [-0.2, -0.15) is 5.10 Å². The molecule has 3 aromatic carbocycles. The number of aliphatic imine (C=N–C) groups is 1. The first-order chi connectivity index (χ1) is 20.8. The van der Waals surface area contributed by atoms with Gasteiger partial charge >= 0.3 is 0 Å². The molecule has 3 heterocycles. The Hall–Kier alpha value is -4.04. The summed E-state index contributed by atoms with van der Waals surface area (Å²) in [7, 11) is -0.523. The molecule has 4 aromatic rings. The lowest BCUT2D eigenvalue weighted by molar-refractivity contribution is 0.218. The van der Waals surface area contributed by atoms with Crippen molar-refractivity contribution in [3.63, 3.8) is 0 Å². The summed E-state index contributed by atoms with van der Waals surface area (Å²) < 4.78 is 23.0. The highest BCUT2D eigenvalue weighted by Crippen LogP contribution is 2.56. The van der Waals surface area contributed by atoms with Gasteiger partial charge in [-0.05, 0) is 84.2 Å². The minimum atomic E-state index is -2.21. The average molecular weight is 592 g/mol. The lowest BCUT2D eigenvalue weighted by atomic mass is 9.85. The first kappa shape index (κ1) is 27.8. The number of halogens is 1. The largest absolute Gasteiger partial charge is 0.494 e. The van der Waals surface area contributed by atoms with Gasteiger partial charge in [-0.3, -0.25) is 4.99 Å². The minimum absolute atomic E-state index is 0.0923. The van der Waals surface area contributed by atoms with Crippen LogP contribution < -0.4 is 15.1 Å². The molecule has 0 radical (unpaired) electrons. The molecule has 6 nitrogen and oxygen atoms in total. The van der Waals surface area contributed by atoms with Crippen molar-refractivity contribution in [2.45, 2.75) is 51.7 Å². The van der Waals surface area contributed by atoms with Crippen LogP contribution in [0.1, 0.15) is 48.7 Å². The number of fused-ring (bicyclic) bond motifs is 1. The van der Waals surface area contributed by atoms with Crippen molar-refractivity contribution < 1.29 is 9.13 Å². The Bertz CT molecular complexity index is 1740. The summed E-state index contributed by atoms with van der Waals surface area (Å²) in [6.07, 6.45) is 8.43. The highest BCUT2D eigenvalue weighted by atomic mass is 28.3. The lowest BCUT2D eigenvalue weighted by Crippen LogP contribution is -2.54. The topological polar surface area (TPSA) is 55.5 Å².